The molecule has 0 amide bonds. The minimum Gasteiger partial charge on any atom is -0.363 e. The Hall–Kier alpha value is -4.52. The molecule has 2 aromatic carbocycles. The van der Waals surface area contributed by atoms with Crippen molar-refractivity contribution in [3.63, 3.8) is 0 Å². The fourth-order valence-corrected chi connectivity index (χ4v) is 4.19. The number of H-pyrrole nitrogens is 1. The van der Waals surface area contributed by atoms with E-state index in [0.717, 1.165) is 52.3 Å². The van der Waals surface area contributed by atoms with Gasteiger partial charge in [0.2, 0.25) is 0 Å². The van der Waals surface area contributed by atoms with E-state index in [0.29, 0.717) is 5.82 Å². The van der Waals surface area contributed by atoms with Gasteiger partial charge in [-0.2, -0.15) is 5.10 Å². The van der Waals surface area contributed by atoms with Crippen LogP contribution in [0.1, 0.15) is 16.7 Å². The molecule has 7 heteroatoms. The summed E-state index contributed by atoms with van der Waals surface area (Å²) in [5.74, 6) is 1.44. The third-order valence-corrected chi connectivity index (χ3v) is 5.95. The summed E-state index contributed by atoms with van der Waals surface area (Å²) >= 11 is 0. The molecule has 2 N–H and O–H groups in total. The molecule has 0 radical (unpaired) electrons. The van der Waals surface area contributed by atoms with Crippen LogP contribution in [0.5, 0.6) is 0 Å². The van der Waals surface area contributed by atoms with Gasteiger partial charge in [-0.25, -0.2) is 9.97 Å². The summed E-state index contributed by atoms with van der Waals surface area (Å²) in [7, 11) is 0. The van der Waals surface area contributed by atoms with Gasteiger partial charge in [0.05, 0.1) is 11.7 Å². The van der Waals surface area contributed by atoms with Crippen molar-refractivity contribution >= 4 is 28.1 Å². The first-order valence-electron chi connectivity index (χ1n) is 10.7. The maximum Gasteiger partial charge on any atom is 0.161 e. The lowest BCUT2D eigenvalue weighted by Crippen LogP contribution is -2.13. The quantitative estimate of drug-likeness (QED) is 0.401. The Morgan fingerprint density at radius 1 is 0.939 bits per heavy atom. The van der Waals surface area contributed by atoms with Crippen LogP contribution in [0.25, 0.3) is 28.0 Å². The van der Waals surface area contributed by atoms with Crippen LogP contribution in [0.2, 0.25) is 0 Å². The highest BCUT2D eigenvalue weighted by molar-refractivity contribution is 5.82. The van der Waals surface area contributed by atoms with Crippen molar-refractivity contribution in [1.29, 1.82) is 0 Å². The summed E-state index contributed by atoms with van der Waals surface area (Å²) in [6, 6.07) is 18.3. The van der Waals surface area contributed by atoms with Gasteiger partial charge in [-0.3, -0.25) is 10.1 Å². The fraction of sp³-hybridized carbons (Fsp3) is 0.0769. The molecule has 1 aliphatic heterocycles. The molecule has 7 nitrogen and oxygen atoms in total. The van der Waals surface area contributed by atoms with Crippen LogP contribution in [0.15, 0.2) is 86.0 Å². The van der Waals surface area contributed by atoms with Crippen molar-refractivity contribution in [3.8, 4) is 11.4 Å². The number of aromatic nitrogens is 5. The number of hydrogen-bond donors (Lipinski definition) is 2. The molecular formula is C26H21N7. The predicted molar refractivity (Wildman–Crippen MR) is 129 cm³/mol. The standard InChI is InChI=1S/C26H21N7/c1-17(18-6-9-27-10-7-18)33-15-20-3-2-19(12-22(20)16-33)26-28-11-8-25(31-26)30-23-4-5-24-21(13-23)14-29-32-24/h2-14H,1,15-16H2,(H,29,32)(H,28,30,31). The SMILES string of the molecule is C=C(c1ccncc1)N1Cc2ccc(-c3nccc(Nc4ccc5[nH]ncc5c4)n3)cc2C1. The number of anilines is 2. The Labute approximate surface area is 190 Å². The Kier molecular flexibility index (Phi) is 4.58. The van der Waals surface area contributed by atoms with Gasteiger partial charge in [-0.15, -0.1) is 0 Å². The lowest BCUT2D eigenvalue weighted by molar-refractivity contribution is 0.424. The normalized spacial score (nSPS) is 12.7. The lowest BCUT2D eigenvalue weighted by atomic mass is 10.1. The van der Waals surface area contributed by atoms with E-state index in [1.165, 1.54) is 11.1 Å². The van der Waals surface area contributed by atoms with E-state index in [-0.39, 0.29) is 0 Å². The number of rotatable bonds is 5. The molecular weight excluding hydrogens is 410 g/mol. The van der Waals surface area contributed by atoms with Crippen molar-refractivity contribution < 1.29 is 0 Å². The topological polar surface area (TPSA) is 82.6 Å². The molecule has 1 aliphatic rings. The zero-order chi connectivity index (χ0) is 22.2. The number of benzene rings is 2. The zero-order valence-corrected chi connectivity index (χ0v) is 17.9. The highest BCUT2D eigenvalue weighted by atomic mass is 15.2. The molecule has 0 aliphatic carbocycles. The monoisotopic (exact) mass is 431 g/mol. The number of nitrogens with zero attached hydrogens (tertiary/aromatic N) is 5. The van der Waals surface area contributed by atoms with Gasteiger partial charge < -0.3 is 10.2 Å². The number of hydrogen-bond acceptors (Lipinski definition) is 6. The van der Waals surface area contributed by atoms with Crippen LogP contribution in [-0.2, 0) is 13.1 Å². The van der Waals surface area contributed by atoms with E-state index < -0.39 is 0 Å². The molecule has 0 unspecified atom stereocenters. The van der Waals surface area contributed by atoms with E-state index in [9.17, 15) is 0 Å². The van der Waals surface area contributed by atoms with E-state index in [1.807, 2.05) is 42.6 Å². The molecule has 0 spiro atoms. The van der Waals surface area contributed by atoms with Gasteiger partial charge in [0.15, 0.2) is 5.82 Å². The van der Waals surface area contributed by atoms with Crippen molar-refractivity contribution in [3.05, 3.63) is 103 Å². The number of pyridine rings is 1. The molecule has 5 aromatic rings. The second-order valence-corrected chi connectivity index (χ2v) is 8.08. The van der Waals surface area contributed by atoms with Crippen LogP contribution in [-0.4, -0.2) is 30.0 Å². The Morgan fingerprint density at radius 3 is 2.73 bits per heavy atom. The van der Waals surface area contributed by atoms with Gasteiger partial charge in [0.25, 0.3) is 0 Å². The third-order valence-electron chi connectivity index (χ3n) is 5.95. The summed E-state index contributed by atoms with van der Waals surface area (Å²) in [5, 5.41) is 11.5. The zero-order valence-electron chi connectivity index (χ0n) is 17.9. The largest absolute Gasteiger partial charge is 0.363 e. The highest BCUT2D eigenvalue weighted by Crippen LogP contribution is 2.32. The van der Waals surface area contributed by atoms with Crippen molar-refractivity contribution in [2.45, 2.75) is 13.1 Å². The first-order chi connectivity index (χ1) is 16.2. The summed E-state index contributed by atoms with van der Waals surface area (Å²) in [4.78, 5) is 15.7. The molecule has 160 valence electrons. The Balaban J connectivity index is 1.23. The van der Waals surface area contributed by atoms with E-state index in [4.69, 9.17) is 4.98 Å². The minimum atomic E-state index is 0.693. The molecule has 0 fully saturated rings. The third kappa shape index (κ3) is 3.70. The number of nitrogens with one attached hydrogen (secondary N) is 2. The maximum absolute atomic E-state index is 4.75. The lowest BCUT2D eigenvalue weighted by Gasteiger charge is -2.20. The average molecular weight is 432 g/mol. The first-order valence-corrected chi connectivity index (χ1v) is 10.7. The number of fused-ring (bicyclic) bond motifs is 2. The summed E-state index contributed by atoms with van der Waals surface area (Å²) in [6.07, 6.45) is 7.19. The molecule has 33 heavy (non-hydrogen) atoms. The molecule has 6 rings (SSSR count). The summed E-state index contributed by atoms with van der Waals surface area (Å²) in [5.41, 5.74) is 7.63. The van der Waals surface area contributed by atoms with E-state index in [2.05, 4.69) is 55.2 Å². The van der Waals surface area contributed by atoms with Crippen LogP contribution in [0, 0.1) is 0 Å². The van der Waals surface area contributed by atoms with E-state index in [1.54, 1.807) is 18.6 Å². The summed E-state index contributed by atoms with van der Waals surface area (Å²) < 4.78 is 0. The smallest absolute Gasteiger partial charge is 0.161 e. The minimum absolute atomic E-state index is 0.693. The van der Waals surface area contributed by atoms with Gasteiger partial charge in [0.1, 0.15) is 5.82 Å². The van der Waals surface area contributed by atoms with Crippen molar-refractivity contribution in [2.75, 3.05) is 5.32 Å². The van der Waals surface area contributed by atoms with Crippen LogP contribution in [0.3, 0.4) is 0 Å². The van der Waals surface area contributed by atoms with Crippen LogP contribution in [0.4, 0.5) is 11.5 Å². The Bertz CT molecular complexity index is 1470. The van der Waals surface area contributed by atoms with Crippen LogP contribution < -0.4 is 5.32 Å². The molecule has 4 heterocycles. The first kappa shape index (κ1) is 19.2. The Morgan fingerprint density at radius 2 is 1.82 bits per heavy atom. The second-order valence-electron chi connectivity index (χ2n) is 8.08. The molecule has 0 bridgehead atoms. The van der Waals surface area contributed by atoms with Gasteiger partial charge in [0, 0.05) is 59.6 Å². The fourth-order valence-electron chi connectivity index (χ4n) is 4.19. The summed E-state index contributed by atoms with van der Waals surface area (Å²) in [6.45, 7) is 5.95. The van der Waals surface area contributed by atoms with Crippen molar-refractivity contribution in [1.82, 2.24) is 30.0 Å². The number of aromatic amines is 1. The van der Waals surface area contributed by atoms with Gasteiger partial charge in [-0.05, 0) is 53.6 Å². The van der Waals surface area contributed by atoms with E-state index >= 15 is 0 Å². The van der Waals surface area contributed by atoms with Crippen molar-refractivity contribution in [2.24, 2.45) is 0 Å². The van der Waals surface area contributed by atoms with Crippen LogP contribution >= 0.6 is 0 Å². The second kappa shape index (κ2) is 7.87. The molecule has 0 saturated heterocycles. The maximum atomic E-state index is 4.75. The molecule has 0 saturated carbocycles. The molecule has 0 atom stereocenters. The predicted octanol–water partition coefficient (Wildman–Crippen LogP) is 5.15. The average Bonchev–Trinajstić information content (AvgIpc) is 3.50. The van der Waals surface area contributed by atoms with Gasteiger partial charge in [-0.1, -0.05) is 18.7 Å². The van der Waals surface area contributed by atoms with Gasteiger partial charge >= 0.3 is 0 Å². The highest BCUT2D eigenvalue weighted by Gasteiger charge is 2.21. The molecule has 3 aromatic heterocycles.